The highest BCUT2D eigenvalue weighted by atomic mass is 35.5. The number of hydrogen-bond acceptors (Lipinski definition) is 3. The predicted octanol–water partition coefficient (Wildman–Crippen LogP) is 3.31. The third-order valence-electron chi connectivity index (χ3n) is 3.31. The minimum atomic E-state index is -0.402. The van der Waals surface area contributed by atoms with E-state index in [0.29, 0.717) is 24.3 Å². The third-order valence-corrected chi connectivity index (χ3v) is 3.52. The zero-order valence-corrected chi connectivity index (χ0v) is 11.9. The van der Waals surface area contributed by atoms with E-state index in [0.717, 1.165) is 6.42 Å². The van der Waals surface area contributed by atoms with E-state index in [1.165, 1.54) is 12.1 Å². The molecule has 0 spiro atoms. The third kappa shape index (κ3) is 2.78. The maximum atomic E-state index is 12.1. The lowest BCUT2D eigenvalue weighted by molar-refractivity contribution is -0.117. The molecule has 1 fully saturated rings. The fourth-order valence-corrected chi connectivity index (χ4v) is 2.48. The van der Waals surface area contributed by atoms with Gasteiger partial charge in [0.05, 0.1) is 11.4 Å². The molecule has 108 valence electrons. The van der Waals surface area contributed by atoms with Gasteiger partial charge in [0.1, 0.15) is 0 Å². The summed E-state index contributed by atoms with van der Waals surface area (Å²) >= 11 is 5.66. The molecular formula is C15H13ClN2O3. The van der Waals surface area contributed by atoms with Gasteiger partial charge in [0.2, 0.25) is 5.91 Å². The molecule has 2 heterocycles. The van der Waals surface area contributed by atoms with Gasteiger partial charge in [-0.15, -0.1) is 0 Å². The first-order valence-electron chi connectivity index (χ1n) is 6.61. The van der Waals surface area contributed by atoms with Gasteiger partial charge in [0.25, 0.3) is 5.91 Å². The molecule has 1 aromatic carbocycles. The number of hydrogen-bond donors (Lipinski definition) is 1. The highest BCUT2D eigenvalue weighted by Gasteiger charge is 2.24. The molecule has 3 rings (SSSR count). The van der Waals surface area contributed by atoms with Crippen molar-refractivity contribution in [3.63, 3.8) is 0 Å². The Balaban J connectivity index is 1.85. The maximum Gasteiger partial charge on any atom is 0.291 e. The SMILES string of the molecule is O=C(Nc1ccccc1N1CCCC1=O)c1ccc(Cl)o1. The predicted molar refractivity (Wildman–Crippen MR) is 79.7 cm³/mol. The molecule has 0 atom stereocenters. The summed E-state index contributed by atoms with van der Waals surface area (Å²) in [5.41, 5.74) is 1.27. The lowest BCUT2D eigenvalue weighted by Gasteiger charge is -2.19. The molecule has 0 unspecified atom stereocenters. The number of carbonyl (C=O) groups is 2. The normalized spacial score (nSPS) is 14.5. The van der Waals surface area contributed by atoms with Gasteiger partial charge in [-0.05, 0) is 42.3 Å². The number of amides is 2. The van der Waals surface area contributed by atoms with Crippen molar-refractivity contribution in [3.8, 4) is 0 Å². The Kier molecular flexibility index (Phi) is 3.66. The summed E-state index contributed by atoms with van der Waals surface area (Å²) in [6.45, 7) is 0.665. The second-order valence-electron chi connectivity index (χ2n) is 4.72. The van der Waals surface area contributed by atoms with Crippen LogP contribution in [0.1, 0.15) is 23.4 Å². The molecule has 2 aromatic rings. The first-order chi connectivity index (χ1) is 10.1. The number of halogens is 1. The molecule has 0 bridgehead atoms. The molecule has 1 aliphatic rings. The van der Waals surface area contributed by atoms with Gasteiger partial charge in [-0.1, -0.05) is 12.1 Å². The summed E-state index contributed by atoms with van der Waals surface area (Å²) in [6, 6.07) is 10.2. The van der Waals surface area contributed by atoms with Crippen molar-refractivity contribution >= 4 is 34.8 Å². The lowest BCUT2D eigenvalue weighted by Crippen LogP contribution is -2.25. The molecule has 6 heteroatoms. The van der Waals surface area contributed by atoms with Gasteiger partial charge in [0, 0.05) is 13.0 Å². The first kappa shape index (κ1) is 13.7. The number of rotatable bonds is 3. The number of benzene rings is 1. The second kappa shape index (κ2) is 5.61. The van der Waals surface area contributed by atoms with Gasteiger partial charge in [0.15, 0.2) is 11.0 Å². The monoisotopic (exact) mass is 304 g/mol. The average molecular weight is 305 g/mol. The summed E-state index contributed by atoms with van der Waals surface area (Å²) in [7, 11) is 0. The van der Waals surface area contributed by atoms with Crippen molar-refractivity contribution < 1.29 is 14.0 Å². The number of para-hydroxylation sites is 2. The molecule has 0 aliphatic carbocycles. The average Bonchev–Trinajstić information content (AvgIpc) is 3.08. The molecule has 1 aromatic heterocycles. The van der Waals surface area contributed by atoms with Crippen molar-refractivity contribution in [2.75, 3.05) is 16.8 Å². The van der Waals surface area contributed by atoms with E-state index in [-0.39, 0.29) is 16.9 Å². The highest BCUT2D eigenvalue weighted by Crippen LogP contribution is 2.29. The zero-order valence-electron chi connectivity index (χ0n) is 11.1. The molecular weight excluding hydrogens is 292 g/mol. The maximum absolute atomic E-state index is 12.1. The van der Waals surface area contributed by atoms with Crippen molar-refractivity contribution in [2.24, 2.45) is 0 Å². The van der Waals surface area contributed by atoms with Gasteiger partial charge < -0.3 is 14.6 Å². The van der Waals surface area contributed by atoms with Crippen molar-refractivity contribution in [2.45, 2.75) is 12.8 Å². The van der Waals surface area contributed by atoms with E-state index in [4.69, 9.17) is 16.0 Å². The van der Waals surface area contributed by atoms with Crippen LogP contribution in [0.25, 0.3) is 0 Å². The standard InChI is InChI=1S/C15H13ClN2O3/c16-13-8-7-12(21-13)15(20)17-10-4-1-2-5-11(10)18-9-3-6-14(18)19/h1-2,4-5,7-8H,3,6,9H2,(H,17,20). The fraction of sp³-hybridized carbons (Fsp3) is 0.200. The minimum Gasteiger partial charge on any atom is -0.440 e. The van der Waals surface area contributed by atoms with Crippen LogP contribution < -0.4 is 10.2 Å². The summed E-state index contributed by atoms with van der Waals surface area (Å²) in [5.74, 6) is -0.207. The summed E-state index contributed by atoms with van der Waals surface area (Å²) in [5, 5.41) is 2.91. The van der Waals surface area contributed by atoms with Crippen LogP contribution in [-0.2, 0) is 4.79 Å². The highest BCUT2D eigenvalue weighted by molar-refractivity contribution is 6.29. The number of nitrogens with zero attached hydrogens (tertiary/aromatic N) is 1. The van der Waals surface area contributed by atoms with Crippen LogP contribution in [0.3, 0.4) is 0 Å². The molecule has 1 aliphatic heterocycles. The fourth-order valence-electron chi connectivity index (χ4n) is 2.34. The number of carbonyl (C=O) groups excluding carboxylic acids is 2. The Hall–Kier alpha value is -2.27. The Morgan fingerprint density at radius 2 is 2.05 bits per heavy atom. The van der Waals surface area contributed by atoms with Crippen LogP contribution >= 0.6 is 11.6 Å². The van der Waals surface area contributed by atoms with E-state index in [2.05, 4.69) is 5.32 Å². The van der Waals surface area contributed by atoms with Crippen molar-refractivity contribution in [3.05, 3.63) is 47.4 Å². The van der Waals surface area contributed by atoms with Gasteiger partial charge in [-0.25, -0.2) is 0 Å². The summed E-state index contributed by atoms with van der Waals surface area (Å²) < 4.78 is 5.08. The van der Waals surface area contributed by atoms with E-state index in [1.54, 1.807) is 17.0 Å². The van der Waals surface area contributed by atoms with Crippen LogP contribution in [0.5, 0.6) is 0 Å². The molecule has 21 heavy (non-hydrogen) atoms. The smallest absolute Gasteiger partial charge is 0.291 e. The van der Waals surface area contributed by atoms with Crippen LogP contribution in [0.2, 0.25) is 5.22 Å². The quantitative estimate of drug-likeness (QED) is 0.946. The molecule has 0 radical (unpaired) electrons. The lowest BCUT2D eigenvalue weighted by atomic mass is 10.2. The van der Waals surface area contributed by atoms with Crippen LogP contribution in [0.15, 0.2) is 40.8 Å². The van der Waals surface area contributed by atoms with E-state index >= 15 is 0 Å². The van der Waals surface area contributed by atoms with Crippen molar-refractivity contribution in [1.82, 2.24) is 0 Å². The van der Waals surface area contributed by atoms with Crippen LogP contribution in [0, 0.1) is 0 Å². The van der Waals surface area contributed by atoms with Gasteiger partial charge >= 0.3 is 0 Å². The Morgan fingerprint density at radius 3 is 2.71 bits per heavy atom. The largest absolute Gasteiger partial charge is 0.440 e. The molecule has 1 saturated heterocycles. The molecule has 1 N–H and O–H groups in total. The topological polar surface area (TPSA) is 62.6 Å². The minimum absolute atomic E-state index is 0.0674. The first-order valence-corrected chi connectivity index (χ1v) is 6.99. The molecule has 5 nitrogen and oxygen atoms in total. The summed E-state index contributed by atoms with van der Waals surface area (Å²) in [6.07, 6.45) is 1.37. The van der Waals surface area contributed by atoms with E-state index in [9.17, 15) is 9.59 Å². The number of anilines is 2. The van der Waals surface area contributed by atoms with Gasteiger partial charge in [-0.3, -0.25) is 9.59 Å². The van der Waals surface area contributed by atoms with E-state index < -0.39 is 5.91 Å². The number of nitrogens with one attached hydrogen (secondary N) is 1. The second-order valence-corrected chi connectivity index (χ2v) is 5.10. The molecule has 2 amide bonds. The van der Waals surface area contributed by atoms with Crippen molar-refractivity contribution in [1.29, 1.82) is 0 Å². The van der Waals surface area contributed by atoms with E-state index in [1.807, 2.05) is 12.1 Å². The van der Waals surface area contributed by atoms with Gasteiger partial charge in [-0.2, -0.15) is 0 Å². The Bertz CT molecular complexity index is 696. The van der Waals surface area contributed by atoms with Crippen LogP contribution in [-0.4, -0.2) is 18.4 Å². The Labute approximate surface area is 126 Å². The number of furan rings is 1. The zero-order chi connectivity index (χ0) is 14.8. The Morgan fingerprint density at radius 1 is 1.24 bits per heavy atom. The molecule has 0 saturated carbocycles. The summed E-state index contributed by atoms with van der Waals surface area (Å²) in [4.78, 5) is 25.7. The van der Waals surface area contributed by atoms with Crippen LogP contribution in [0.4, 0.5) is 11.4 Å².